The Balaban J connectivity index is 1.64. The van der Waals surface area contributed by atoms with Crippen molar-refractivity contribution in [2.45, 2.75) is 45.2 Å². The first kappa shape index (κ1) is 24.6. The average molecular weight is 457 g/mol. The standard InChI is InChI=1S/C25H36N4O2S/c1-3-4-10-22-16-28(15-21(26)17-32-18-27-19(2)30)13-14-29(22)25(31)24-12-7-9-20-8-5-6-11-23(20)24/h5-9,11-12,21-22H,3-4,10,13-18,26H2,1-2H3,(H,27,30)/t21-,22?/m1/s1. The van der Waals surface area contributed by atoms with Crippen LogP contribution in [0, 0.1) is 0 Å². The zero-order chi connectivity index (χ0) is 22.9. The number of fused-ring (bicyclic) bond motifs is 1. The van der Waals surface area contributed by atoms with E-state index in [-0.39, 0.29) is 23.9 Å². The Morgan fingerprint density at radius 2 is 1.97 bits per heavy atom. The lowest BCUT2D eigenvalue weighted by molar-refractivity contribution is -0.118. The number of piperazine rings is 1. The van der Waals surface area contributed by atoms with Gasteiger partial charge in [0.25, 0.3) is 5.91 Å². The van der Waals surface area contributed by atoms with Gasteiger partial charge in [0.05, 0.1) is 5.88 Å². The predicted octanol–water partition coefficient (Wildman–Crippen LogP) is 3.31. The van der Waals surface area contributed by atoms with E-state index in [0.29, 0.717) is 5.88 Å². The molecule has 174 valence electrons. The third kappa shape index (κ3) is 6.70. The lowest BCUT2D eigenvalue weighted by Gasteiger charge is -2.42. The molecule has 3 N–H and O–H groups in total. The van der Waals surface area contributed by atoms with Gasteiger partial charge in [-0.25, -0.2) is 0 Å². The Hall–Kier alpha value is -2.09. The Morgan fingerprint density at radius 3 is 2.75 bits per heavy atom. The van der Waals surface area contributed by atoms with Crippen molar-refractivity contribution in [3.63, 3.8) is 0 Å². The summed E-state index contributed by atoms with van der Waals surface area (Å²) in [5.74, 6) is 1.51. The van der Waals surface area contributed by atoms with Crippen LogP contribution in [0.3, 0.4) is 0 Å². The van der Waals surface area contributed by atoms with E-state index in [1.807, 2.05) is 30.3 Å². The molecule has 1 fully saturated rings. The topological polar surface area (TPSA) is 78.7 Å². The molecule has 0 bridgehead atoms. The van der Waals surface area contributed by atoms with E-state index < -0.39 is 0 Å². The molecule has 1 aliphatic heterocycles. The second kappa shape index (κ2) is 12.2. The van der Waals surface area contributed by atoms with Gasteiger partial charge in [-0.15, -0.1) is 11.8 Å². The van der Waals surface area contributed by atoms with Crippen LogP contribution in [0.15, 0.2) is 42.5 Å². The molecule has 0 aromatic heterocycles. The largest absolute Gasteiger partial charge is 0.347 e. The van der Waals surface area contributed by atoms with Gasteiger partial charge in [-0.05, 0) is 23.3 Å². The van der Waals surface area contributed by atoms with Gasteiger partial charge in [-0.3, -0.25) is 14.5 Å². The van der Waals surface area contributed by atoms with Crippen LogP contribution >= 0.6 is 11.8 Å². The number of benzene rings is 2. The van der Waals surface area contributed by atoms with Gasteiger partial charge >= 0.3 is 0 Å². The van der Waals surface area contributed by atoms with Crippen molar-refractivity contribution >= 4 is 34.3 Å². The molecule has 2 aromatic carbocycles. The van der Waals surface area contributed by atoms with Crippen molar-refractivity contribution < 1.29 is 9.59 Å². The van der Waals surface area contributed by atoms with Crippen LogP contribution in [0.2, 0.25) is 0 Å². The Labute approximate surface area is 195 Å². The molecule has 0 aliphatic carbocycles. The van der Waals surface area contributed by atoms with Crippen LogP contribution < -0.4 is 11.1 Å². The summed E-state index contributed by atoms with van der Waals surface area (Å²) in [6.07, 6.45) is 3.23. The van der Waals surface area contributed by atoms with Crippen molar-refractivity contribution in [2.24, 2.45) is 5.73 Å². The number of carbonyl (C=O) groups excluding carboxylic acids is 2. The second-order valence-corrected chi connectivity index (χ2v) is 9.62. The van der Waals surface area contributed by atoms with Crippen molar-refractivity contribution in [1.82, 2.24) is 15.1 Å². The maximum atomic E-state index is 13.6. The van der Waals surface area contributed by atoms with Gasteiger partial charge in [0.15, 0.2) is 0 Å². The van der Waals surface area contributed by atoms with E-state index in [4.69, 9.17) is 5.73 Å². The van der Waals surface area contributed by atoms with Crippen LogP contribution in [0.4, 0.5) is 0 Å². The van der Waals surface area contributed by atoms with E-state index in [1.165, 1.54) is 6.92 Å². The zero-order valence-electron chi connectivity index (χ0n) is 19.3. The number of nitrogens with one attached hydrogen (secondary N) is 1. The first-order chi connectivity index (χ1) is 15.5. The normalized spacial score (nSPS) is 18.0. The molecule has 0 radical (unpaired) electrons. The van der Waals surface area contributed by atoms with Crippen molar-refractivity contribution in [3.05, 3.63) is 48.0 Å². The molecule has 1 unspecified atom stereocenters. The second-order valence-electron chi connectivity index (χ2n) is 8.59. The van der Waals surface area contributed by atoms with Gasteiger partial charge in [0.1, 0.15) is 0 Å². The van der Waals surface area contributed by atoms with Crippen LogP contribution in [-0.2, 0) is 4.79 Å². The average Bonchev–Trinajstić information content (AvgIpc) is 2.79. The summed E-state index contributed by atoms with van der Waals surface area (Å²) in [6.45, 7) is 6.95. The number of rotatable bonds is 10. The van der Waals surface area contributed by atoms with E-state index >= 15 is 0 Å². The summed E-state index contributed by atoms with van der Waals surface area (Å²) in [4.78, 5) is 29.1. The highest BCUT2D eigenvalue weighted by Gasteiger charge is 2.31. The molecule has 3 rings (SSSR count). The van der Waals surface area contributed by atoms with E-state index in [0.717, 1.165) is 67.5 Å². The van der Waals surface area contributed by atoms with Crippen LogP contribution in [0.1, 0.15) is 43.5 Å². The van der Waals surface area contributed by atoms with Crippen LogP contribution in [0.5, 0.6) is 0 Å². The number of hydrogen-bond acceptors (Lipinski definition) is 5. The fraction of sp³-hybridized carbons (Fsp3) is 0.520. The molecule has 0 spiro atoms. The first-order valence-corrected chi connectivity index (χ1v) is 12.7. The highest BCUT2D eigenvalue weighted by Crippen LogP contribution is 2.24. The van der Waals surface area contributed by atoms with Crippen LogP contribution in [0.25, 0.3) is 10.8 Å². The predicted molar refractivity (Wildman–Crippen MR) is 134 cm³/mol. The summed E-state index contributed by atoms with van der Waals surface area (Å²) in [6, 6.07) is 14.3. The quantitative estimate of drug-likeness (QED) is 0.424. The minimum Gasteiger partial charge on any atom is -0.347 e. The number of unbranched alkanes of at least 4 members (excludes halogenated alkanes) is 1. The van der Waals surface area contributed by atoms with Crippen molar-refractivity contribution in [1.29, 1.82) is 0 Å². The van der Waals surface area contributed by atoms with Gasteiger partial charge in [-0.1, -0.05) is 56.2 Å². The first-order valence-electron chi connectivity index (χ1n) is 11.6. The summed E-state index contributed by atoms with van der Waals surface area (Å²) in [5.41, 5.74) is 7.15. The lowest BCUT2D eigenvalue weighted by Crippen LogP contribution is -2.57. The zero-order valence-corrected chi connectivity index (χ0v) is 20.1. The van der Waals surface area contributed by atoms with Crippen molar-refractivity contribution in [2.75, 3.05) is 37.8 Å². The Morgan fingerprint density at radius 1 is 1.19 bits per heavy atom. The monoisotopic (exact) mass is 456 g/mol. The Kier molecular flexibility index (Phi) is 9.38. The molecule has 0 saturated carbocycles. The maximum absolute atomic E-state index is 13.6. The minimum atomic E-state index is -0.0168. The molecule has 6 nitrogen and oxygen atoms in total. The van der Waals surface area contributed by atoms with E-state index in [9.17, 15) is 9.59 Å². The van der Waals surface area contributed by atoms with E-state index in [1.54, 1.807) is 11.8 Å². The minimum absolute atomic E-state index is 0.0168. The number of hydrogen-bond donors (Lipinski definition) is 2. The van der Waals surface area contributed by atoms with Crippen LogP contribution in [-0.4, -0.2) is 71.5 Å². The number of nitrogens with two attached hydrogens (primary N) is 1. The van der Waals surface area contributed by atoms with Gasteiger partial charge < -0.3 is 16.0 Å². The number of carbonyl (C=O) groups is 2. The molecule has 1 heterocycles. The molecule has 32 heavy (non-hydrogen) atoms. The number of amides is 2. The summed E-state index contributed by atoms with van der Waals surface area (Å²) >= 11 is 1.65. The molecule has 1 saturated heterocycles. The van der Waals surface area contributed by atoms with Gasteiger partial charge in [0, 0.05) is 56.5 Å². The molecular weight excluding hydrogens is 420 g/mol. The van der Waals surface area contributed by atoms with E-state index in [2.05, 4.69) is 34.2 Å². The van der Waals surface area contributed by atoms with Gasteiger partial charge in [0.2, 0.25) is 5.91 Å². The third-order valence-corrected chi connectivity index (χ3v) is 7.00. The summed E-state index contributed by atoms with van der Waals surface area (Å²) in [7, 11) is 0. The molecular formula is C25H36N4O2S. The summed E-state index contributed by atoms with van der Waals surface area (Å²) in [5, 5.41) is 4.92. The highest BCUT2D eigenvalue weighted by atomic mass is 32.2. The highest BCUT2D eigenvalue weighted by molar-refractivity contribution is 7.99. The molecule has 2 aromatic rings. The SMILES string of the molecule is CCCCC1CN(C[C@@H](N)CSCNC(C)=O)CCN1C(=O)c1cccc2ccccc12. The number of thioether (sulfide) groups is 1. The van der Waals surface area contributed by atoms with Gasteiger partial charge in [-0.2, -0.15) is 0 Å². The van der Waals surface area contributed by atoms with Crippen molar-refractivity contribution in [3.8, 4) is 0 Å². The smallest absolute Gasteiger partial charge is 0.254 e. The Bertz CT molecular complexity index is 901. The molecule has 2 atom stereocenters. The molecule has 7 heteroatoms. The number of nitrogens with zero attached hydrogens (tertiary/aromatic N) is 2. The molecule has 2 amide bonds. The maximum Gasteiger partial charge on any atom is 0.254 e. The third-order valence-electron chi connectivity index (χ3n) is 5.99. The fourth-order valence-corrected chi connectivity index (χ4v) is 5.18. The molecule has 1 aliphatic rings. The summed E-state index contributed by atoms with van der Waals surface area (Å²) < 4.78 is 0. The lowest BCUT2D eigenvalue weighted by atomic mass is 10.00. The fourth-order valence-electron chi connectivity index (χ4n) is 4.35.